The Kier molecular flexibility index (Phi) is 5.84. The number of nitrogens with one attached hydrogen (secondary N) is 1. The molecule has 1 N–H and O–H groups in total. The fraction of sp³-hybridized carbons (Fsp3) is 0.350. The summed E-state index contributed by atoms with van der Waals surface area (Å²) in [6.07, 6.45) is 1.06. The monoisotopic (exact) mass is 329 g/mol. The lowest BCUT2D eigenvalue weighted by atomic mass is 9.96. The van der Waals surface area contributed by atoms with Gasteiger partial charge in [-0.2, -0.15) is 0 Å². The molecule has 2 aromatic rings. The Morgan fingerprint density at radius 1 is 1.09 bits per heavy atom. The molecule has 0 radical (unpaired) electrons. The highest BCUT2D eigenvalue weighted by Crippen LogP contribution is 2.25. The minimum Gasteiger partial charge on any atom is -0.325 e. The van der Waals surface area contributed by atoms with E-state index in [1.54, 1.807) is 0 Å². The third kappa shape index (κ3) is 4.59. The average molecular weight is 330 g/mol. The molecule has 1 atom stereocenters. The minimum atomic E-state index is -0.207. The molecule has 0 spiro atoms. The van der Waals surface area contributed by atoms with Crippen LogP contribution in [0.15, 0.2) is 42.5 Å². The maximum absolute atomic E-state index is 12.5. The number of halogens is 1. The van der Waals surface area contributed by atoms with Crippen molar-refractivity contribution in [1.82, 2.24) is 0 Å². The lowest BCUT2D eigenvalue weighted by molar-refractivity contribution is -0.117. The number of amides is 1. The van der Waals surface area contributed by atoms with E-state index < -0.39 is 0 Å². The molecular formula is C20H24ClNO. The summed E-state index contributed by atoms with van der Waals surface area (Å²) in [6, 6.07) is 13.9. The highest BCUT2D eigenvalue weighted by atomic mass is 35.5. The van der Waals surface area contributed by atoms with E-state index in [9.17, 15) is 4.79 Å². The van der Waals surface area contributed by atoms with Crippen LogP contribution in [0.2, 0.25) is 5.02 Å². The molecule has 0 heterocycles. The Morgan fingerprint density at radius 3 is 2.35 bits per heavy atom. The Morgan fingerprint density at radius 2 is 1.74 bits per heavy atom. The number of anilines is 1. The molecule has 0 aromatic heterocycles. The smallest absolute Gasteiger partial charge is 0.231 e. The van der Waals surface area contributed by atoms with Crippen LogP contribution in [0.25, 0.3) is 0 Å². The van der Waals surface area contributed by atoms with Gasteiger partial charge in [-0.1, -0.05) is 55.8 Å². The lowest BCUT2D eigenvalue weighted by Crippen LogP contribution is -2.19. The van der Waals surface area contributed by atoms with Crippen LogP contribution < -0.4 is 5.32 Å². The van der Waals surface area contributed by atoms with Crippen LogP contribution in [0, 0.1) is 12.8 Å². The van der Waals surface area contributed by atoms with E-state index in [1.807, 2.05) is 44.2 Å². The first-order valence-electron chi connectivity index (χ1n) is 8.03. The van der Waals surface area contributed by atoms with Gasteiger partial charge in [0.2, 0.25) is 5.91 Å². The largest absolute Gasteiger partial charge is 0.325 e. The van der Waals surface area contributed by atoms with Gasteiger partial charge in [0.05, 0.1) is 5.92 Å². The van der Waals surface area contributed by atoms with E-state index in [0.29, 0.717) is 10.9 Å². The molecule has 0 aliphatic heterocycles. The van der Waals surface area contributed by atoms with E-state index in [0.717, 1.165) is 23.2 Å². The lowest BCUT2D eigenvalue weighted by Gasteiger charge is -2.15. The topological polar surface area (TPSA) is 29.1 Å². The number of benzene rings is 2. The highest BCUT2D eigenvalue weighted by Gasteiger charge is 2.16. The summed E-state index contributed by atoms with van der Waals surface area (Å²) in [7, 11) is 0. The molecule has 0 aliphatic carbocycles. The Balaban J connectivity index is 2.08. The van der Waals surface area contributed by atoms with Crippen molar-refractivity contribution in [1.29, 1.82) is 0 Å². The molecule has 0 bridgehead atoms. The van der Waals surface area contributed by atoms with Gasteiger partial charge in [-0.15, -0.1) is 0 Å². The SMILES string of the molecule is Cc1c(Cl)cccc1NC(=O)[C@@H](C)c1ccc(CC(C)C)cc1. The molecule has 2 aromatic carbocycles. The summed E-state index contributed by atoms with van der Waals surface area (Å²) in [6.45, 7) is 8.24. The van der Waals surface area contributed by atoms with Gasteiger partial charge in [-0.3, -0.25) is 4.79 Å². The molecule has 122 valence electrons. The van der Waals surface area contributed by atoms with Gasteiger partial charge in [0, 0.05) is 10.7 Å². The molecule has 23 heavy (non-hydrogen) atoms. The normalized spacial score (nSPS) is 12.3. The molecule has 1 amide bonds. The Labute approximate surface area is 143 Å². The first-order chi connectivity index (χ1) is 10.9. The van der Waals surface area contributed by atoms with E-state index in [1.165, 1.54) is 5.56 Å². The Bertz CT molecular complexity index is 677. The number of rotatable bonds is 5. The average Bonchev–Trinajstić information content (AvgIpc) is 2.51. The molecule has 0 fully saturated rings. The van der Waals surface area contributed by atoms with E-state index in [-0.39, 0.29) is 11.8 Å². The predicted octanol–water partition coefficient (Wildman–Crippen LogP) is 5.59. The van der Waals surface area contributed by atoms with Gasteiger partial charge < -0.3 is 5.32 Å². The molecule has 3 heteroatoms. The second-order valence-corrected chi connectivity index (χ2v) is 6.87. The molecule has 0 unspecified atom stereocenters. The van der Waals surface area contributed by atoms with E-state index in [4.69, 9.17) is 11.6 Å². The number of carbonyl (C=O) groups is 1. The van der Waals surface area contributed by atoms with Crippen LogP contribution in [0.4, 0.5) is 5.69 Å². The molecule has 2 rings (SSSR count). The van der Waals surface area contributed by atoms with Crippen molar-refractivity contribution in [2.24, 2.45) is 5.92 Å². The van der Waals surface area contributed by atoms with Crippen LogP contribution in [0.1, 0.15) is 43.4 Å². The number of carbonyl (C=O) groups excluding carboxylic acids is 1. The fourth-order valence-corrected chi connectivity index (χ4v) is 2.72. The first-order valence-corrected chi connectivity index (χ1v) is 8.41. The van der Waals surface area contributed by atoms with Crippen molar-refractivity contribution in [2.75, 3.05) is 5.32 Å². The standard InChI is InChI=1S/C20H24ClNO/c1-13(2)12-16-8-10-17(11-9-16)14(3)20(23)22-19-7-5-6-18(21)15(19)4/h5-11,13-14H,12H2,1-4H3,(H,22,23)/t14-/m0/s1. The molecule has 0 saturated heterocycles. The van der Waals surface area contributed by atoms with Crippen molar-refractivity contribution >= 4 is 23.2 Å². The van der Waals surface area contributed by atoms with Gasteiger partial charge in [0.25, 0.3) is 0 Å². The maximum atomic E-state index is 12.5. The van der Waals surface area contributed by atoms with Crippen LogP contribution in [0.5, 0.6) is 0 Å². The van der Waals surface area contributed by atoms with Crippen LogP contribution in [0.3, 0.4) is 0 Å². The second kappa shape index (κ2) is 7.65. The molecule has 0 aliphatic rings. The highest BCUT2D eigenvalue weighted by molar-refractivity contribution is 6.31. The van der Waals surface area contributed by atoms with Gasteiger partial charge in [0.15, 0.2) is 0 Å². The van der Waals surface area contributed by atoms with Crippen molar-refractivity contribution in [3.63, 3.8) is 0 Å². The minimum absolute atomic E-state index is 0.0213. The predicted molar refractivity (Wildman–Crippen MR) is 98.2 cm³/mol. The van der Waals surface area contributed by atoms with Gasteiger partial charge in [-0.05, 0) is 55.0 Å². The van der Waals surface area contributed by atoms with Crippen LogP contribution >= 0.6 is 11.6 Å². The molecular weight excluding hydrogens is 306 g/mol. The zero-order chi connectivity index (χ0) is 17.0. The third-order valence-electron chi connectivity index (χ3n) is 4.04. The van der Waals surface area contributed by atoms with Crippen molar-refractivity contribution in [3.05, 3.63) is 64.2 Å². The zero-order valence-corrected chi connectivity index (χ0v) is 14.9. The summed E-state index contributed by atoms with van der Waals surface area (Å²) in [5, 5.41) is 3.63. The van der Waals surface area contributed by atoms with Crippen molar-refractivity contribution in [2.45, 2.75) is 40.0 Å². The summed E-state index contributed by atoms with van der Waals surface area (Å²) in [5.74, 6) is 0.404. The van der Waals surface area contributed by atoms with E-state index in [2.05, 4.69) is 31.3 Å². The van der Waals surface area contributed by atoms with Crippen LogP contribution in [-0.4, -0.2) is 5.91 Å². The fourth-order valence-electron chi connectivity index (χ4n) is 2.55. The summed E-state index contributed by atoms with van der Waals surface area (Å²) < 4.78 is 0. The van der Waals surface area contributed by atoms with Gasteiger partial charge >= 0.3 is 0 Å². The number of hydrogen-bond donors (Lipinski definition) is 1. The molecule has 2 nitrogen and oxygen atoms in total. The number of hydrogen-bond acceptors (Lipinski definition) is 1. The Hall–Kier alpha value is -1.80. The van der Waals surface area contributed by atoms with Gasteiger partial charge in [0.1, 0.15) is 0 Å². The van der Waals surface area contributed by atoms with E-state index >= 15 is 0 Å². The van der Waals surface area contributed by atoms with Crippen molar-refractivity contribution < 1.29 is 4.79 Å². The van der Waals surface area contributed by atoms with Crippen molar-refractivity contribution in [3.8, 4) is 0 Å². The molecule has 0 saturated carbocycles. The second-order valence-electron chi connectivity index (χ2n) is 6.46. The first kappa shape index (κ1) is 17.6. The van der Waals surface area contributed by atoms with Crippen LogP contribution in [-0.2, 0) is 11.2 Å². The zero-order valence-electron chi connectivity index (χ0n) is 14.2. The summed E-state index contributed by atoms with van der Waals surface area (Å²) in [5.41, 5.74) is 3.99. The summed E-state index contributed by atoms with van der Waals surface area (Å²) >= 11 is 6.10. The summed E-state index contributed by atoms with van der Waals surface area (Å²) in [4.78, 5) is 12.5. The maximum Gasteiger partial charge on any atom is 0.231 e. The van der Waals surface area contributed by atoms with Gasteiger partial charge in [-0.25, -0.2) is 0 Å². The third-order valence-corrected chi connectivity index (χ3v) is 4.45. The quantitative estimate of drug-likeness (QED) is 0.761.